The van der Waals surface area contributed by atoms with E-state index in [1.165, 1.54) is 23.1 Å². The van der Waals surface area contributed by atoms with Crippen LogP contribution in [0.15, 0.2) is 30.6 Å². The third-order valence-corrected chi connectivity index (χ3v) is 5.09. The van der Waals surface area contributed by atoms with Crippen molar-refractivity contribution in [1.82, 2.24) is 29.9 Å². The molecule has 138 valence electrons. The standard InChI is InChI=1S/C18H18FN7O/c19-13-2-1-3-14(10-13)26-17-15(22-23-26)16(20-11-21-17)24-6-8-25(9-7-24)18(27)12-4-5-12/h1-3,10-12H,4-9H2. The van der Waals surface area contributed by atoms with E-state index in [-0.39, 0.29) is 17.6 Å². The van der Waals surface area contributed by atoms with E-state index < -0.39 is 0 Å². The van der Waals surface area contributed by atoms with Crippen LogP contribution >= 0.6 is 0 Å². The first kappa shape index (κ1) is 16.1. The summed E-state index contributed by atoms with van der Waals surface area (Å²) in [6.07, 6.45) is 3.52. The van der Waals surface area contributed by atoms with Gasteiger partial charge in [0.15, 0.2) is 17.0 Å². The normalized spacial score (nSPS) is 17.5. The number of fused-ring (bicyclic) bond motifs is 1. The average molecular weight is 367 g/mol. The highest BCUT2D eigenvalue weighted by atomic mass is 19.1. The van der Waals surface area contributed by atoms with Gasteiger partial charge in [0.1, 0.15) is 12.1 Å². The monoisotopic (exact) mass is 367 g/mol. The lowest BCUT2D eigenvalue weighted by atomic mass is 10.2. The quantitative estimate of drug-likeness (QED) is 0.696. The zero-order chi connectivity index (χ0) is 18.4. The first-order valence-electron chi connectivity index (χ1n) is 9.07. The Hall–Kier alpha value is -3.10. The summed E-state index contributed by atoms with van der Waals surface area (Å²) in [5.74, 6) is 0.871. The molecule has 2 aliphatic rings. The van der Waals surface area contributed by atoms with Crippen LogP contribution in [0.3, 0.4) is 0 Å². The molecule has 0 unspecified atom stereocenters. The highest BCUT2D eigenvalue weighted by Gasteiger charge is 2.35. The maximum atomic E-state index is 13.6. The van der Waals surface area contributed by atoms with Crippen LogP contribution in [-0.2, 0) is 4.79 Å². The van der Waals surface area contributed by atoms with Gasteiger partial charge in [0.25, 0.3) is 0 Å². The molecule has 1 aliphatic heterocycles. The Morgan fingerprint density at radius 2 is 1.93 bits per heavy atom. The summed E-state index contributed by atoms with van der Waals surface area (Å²) in [7, 11) is 0. The molecule has 8 nitrogen and oxygen atoms in total. The Labute approximate surface area is 154 Å². The second-order valence-corrected chi connectivity index (χ2v) is 6.94. The Kier molecular flexibility index (Phi) is 3.73. The third kappa shape index (κ3) is 2.88. The van der Waals surface area contributed by atoms with Crippen LogP contribution in [0.2, 0.25) is 0 Å². The number of rotatable bonds is 3. The van der Waals surface area contributed by atoms with E-state index in [0.717, 1.165) is 12.8 Å². The van der Waals surface area contributed by atoms with Crippen molar-refractivity contribution in [3.8, 4) is 5.69 Å². The fraction of sp³-hybridized carbons (Fsp3) is 0.389. The molecular formula is C18H18FN7O. The summed E-state index contributed by atoms with van der Waals surface area (Å²) in [4.78, 5) is 25.0. The van der Waals surface area contributed by atoms with Gasteiger partial charge in [0.2, 0.25) is 5.91 Å². The summed E-state index contributed by atoms with van der Waals surface area (Å²) >= 11 is 0. The van der Waals surface area contributed by atoms with Gasteiger partial charge in [0, 0.05) is 32.1 Å². The molecule has 0 radical (unpaired) electrons. The lowest BCUT2D eigenvalue weighted by Gasteiger charge is -2.35. The Morgan fingerprint density at radius 3 is 2.67 bits per heavy atom. The van der Waals surface area contributed by atoms with Gasteiger partial charge in [0.05, 0.1) is 5.69 Å². The Balaban J connectivity index is 1.42. The molecule has 0 bridgehead atoms. The van der Waals surface area contributed by atoms with Crippen LogP contribution in [0.1, 0.15) is 12.8 Å². The molecule has 3 heterocycles. The minimum atomic E-state index is -0.345. The van der Waals surface area contributed by atoms with E-state index in [0.29, 0.717) is 48.8 Å². The molecule has 27 heavy (non-hydrogen) atoms. The molecule has 1 amide bonds. The number of amides is 1. The van der Waals surface area contributed by atoms with Crippen molar-refractivity contribution < 1.29 is 9.18 Å². The number of benzene rings is 1. The molecule has 0 atom stereocenters. The predicted octanol–water partition coefficient (Wildman–Crippen LogP) is 1.41. The van der Waals surface area contributed by atoms with Crippen molar-refractivity contribution >= 4 is 22.9 Å². The number of halogens is 1. The van der Waals surface area contributed by atoms with Crippen molar-refractivity contribution in [2.45, 2.75) is 12.8 Å². The van der Waals surface area contributed by atoms with Gasteiger partial charge in [-0.05, 0) is 31.0 Å². The fourth-order valence-corrected chi connectivity index (χ4v) is 3.48. The summed E-state index contributed by atoms with van der Waals surface area (Å²) in [6.45, 7) is 2.74. The molecule has 0 N–H and O–H groups in total. The molecule has 2 fully saturated rings. The van der Waals surface area contributed by atoms with E-state index in [2.05, 4.69) is 25.2 Å². The number of aromatic nitrogens is 5. The van der Waals surface area contributed by atoms with E-state index >= 15 is 0 Å². The second kappa shape index (κ2) is 6.26. The summed E-state index contributed by atoms with van der Waals surface area (Å²) in [5, 5.41) is 8.38. The molecule has 1 saturated heterocycles. The number of nitrogens with zero attached hydrogens (tertiary/aromatic N) is 7. The van der Waals surface area contributed by atoms with Gasteiger partial charge < -0.3 is 9.80 Å². The minimum absolute atomic E-state index is 0.244. The van der Waals surface area contributed by atoms with Gasteiger partial charge in [-0.2, -0.15) is 4.68 Å². The fourth-order valence-electron chi connectivity index (χ4n) is 3.48. The minimum Gasteiger partial charge on any atom is -0.351 e. The van der Waals surface area contributed by atoms with Crippen LogP contribution in [0.4, 0.5) is 10.2 Å². The maximum Gasteiger partial charge on any atom is 0.225 e. The number of hydrogen-bond acceptors (Lipinski definition) is 6. The van der Waals surface area contributed by atoms with Crippen molar-refractivity contribution in [3.63, 3.8) is 0 Å². The summed E-state index contributed by atoms with van der Waals surface area (Å²) in [5.41, 5.74) is 1.66. The van der Waals surface area contributed by atoms with Gasteiger partial charge in [-0.25, -0.2) is 14.4 Å². The van der Waals surface area contributed by atoms with Gasteiger partial charge in [-0.1, -0.05) is 11.3 Å². The van der Waals surface area contributed by atoms with Gasteiger partial charge >= 0.3 is 0 Å². The first-order chi connectivity index (χ1) is 13.2. The number of hydrogen-bond donors (Lipinski definition) is 0. The SMILES string of the molecule is O=C(C1CC1)N1CCN(c2ncnc3c2nnn3-c2cccc(F)c2)CC1. The number of carbonyl (C=O) groups is 1. The smallest absolute Gasteiger partial charge is 0.225 e. The molecule has 1 saturated carbocycles. The van der Waals surface area contributed by atoms with Crippen LogP contribution in [0.25, 0.3) is 16.9 Å². The van der Waals surface area contributed by atoms with Crippen LogP contribution in [0.5, 0.6) is 0 Å². The van der Waals surface area contributed by atoms with Crippen LogP contribution in [0, 0.1) is 11.7 Å². The Morgan fingerprint density at radius 1 is 1.11 bits per heavy atom. The van der Waals surface area contributed by atoms with Crippen molar-refractivity contribution in [3.05, 3.63) is 36.4 Å². The van der Waals surface area contributed by atoms with Crippen molar-refractivity contribution in [1.29, 1.82) is 0 Å². The van der Waals surface area contributed by atoms with Crippen molar-refractivity contribution in [2.75, 3.05) is 31.1 Å². The first-order valence-corrected chi connectivity index (χ1v) is 9.07. The second-order valence-electron chi connectivity index (χ2n) is 6.94. The largest absolute Gasteiger partial charge is 0.351 e. The average Bonchev–Trinajstić information content (AvgIpc) is 3.46. The van der Waals surface area contributed by atoms with E-state index in [9.17, 15) is 9.18 Å². The number of anilines is 1. The topological polar surface area (TPSA) is 80.0 Å². The zero-order valence-electron chi connectivity index (χ0n) is 14.6. The lowest BCUT2D eigenvalue weighted by Crippen LogP contribution is -2.49. The molecule has 1 aromatic carbocycles. The number of carbonyl (C=O) groups excluding carboxylic acids is 1. The predicted molar refractivity (Wildman–Crippen MR) is 95.9 cm³/mol. The molecule has 0 spiro atoms. The van der Waals surface area contributed by atoms with Gasteiger partial charge in [-0.15, -0.1) is 5.10 Å². The van der Waals surface area contributed by atoms with Crippen LogP contribution < -0.4 is 4.90 Å². The zero-order valence-corrected chi connectivity index (χ0v) is 14.6. The molecule has 3 aromatic rings. The summed E-state index contributed by atoms with van der Waals surface area (Å²) in [6, 6.07) is 6.14. The van der Waals surface area contributed by atoms with Crippen LogP contribution in [-0.4, -0.2) is 61.9 Å². The van der Waals surface area contributed by atoms with E-state index in [1.54, 1.807) is 12.1 Å². The van der Waals surface area contributed by atoms with E-state index in [1.807, 2.05) is 4.90 Å². The third-order valence-electron chi connectivity index (χ3n) is 5.09. The highest BCUT2D eigenvalue weighted by molar-refractivity contribution is 5.84. The van der Waals surface area contributed by atoms with E-state index in [4.69, 9.17) is 0 Å². The molecule has 1 aliphatic carbocycles. The maximum absolute atomic E-state index is 13.6. The summed E-state index contributed by atoms with van der Waals surface area (Å²) < 4.78 is 15.1. The Bertz CT molecular complexity index is 1010. The highest BCUT2D eigenvalue weighted by Crippen LogP contribution is 2.31. The van der Waals surface area contributed by atoms with Gasteiger partial charge in [-0.3, -0.25) is 4.79 Å². The van der Waals surface area contributed by atoms with Crippen molar-refractivity contribution in [2.24, 2.45) is 5.92 Å². The molecular weight excluding hydrogens is 349 g/mol. The number of piperazine rings is 1. The molecule has 5 rings (SSSR count). The molecule has 2 aromatic heterocycles. The lowest BCUT2D eigenvalue weighted by molar-refractivity contribution is -0.132. The molecule has 9 heteroatoms.